The second-order valence-corrected chi connectivity index (χ2v) is 38.7. The Labute approximate surface area is 761 Å². The number of hydrogen-bond acceptors (Lipinski definition) is 27. The molecule has 1 aliphatic rings. The lowest BCUT2D eigenvalue weighted by molar-refractivity contribution is -0.117. The summed E-state index contributed by atoms with van der Waals surface area (Å²) in [6, 6.07) is 22.3. The Morgan fingerprint density at radius 1 is 0.358 bits per heavy atom. The number of hydrogen-bond donors (Lipinski definition) is 0. The minimum absolute atomic E-state index is 0.0183. The molecule has 6 aromatic heterocycles. The molecule has 55 heteroatoms. The first-order valence-electron chi connectivity index (χ1n) is 37.5. The molecule has 0 saturated heterocycles. The van der Waals surface area contributed by atoms with Crippen LogP contribution in [0.25, 0.3) is 0 Å². The lowest BCUT2D eigenvalue weighted by Gasteiger charge is -2.13. The summed E-state index contributed by atoms with van der Waals surface area (Å²) in [5, 5.41) is 0.408. The third-order valence-corrected chi connectivity index (χ3v) is 29.0. The van der Waals surface area contributed by atoms with Crippen molar-refractivity contribution >= 4 is 83.6 Å². The van der Waals surface area contributed by atoms with Gasteiger partial charge in [0.05, 0.1) is 87.9 Å². The van der Waals surface area contributed by atoms with E-state index in [9.17, 15) is 120 Å². The molecule has 718 valence electrons. The number of allylic oxidation sites excluding steroid dienone is 3. The Balaban J connectivity index is 0.000000220. The summed E-state index contributed by atoms with van der Waals surface area (Å²) in [5.41, 5.74) is -6.17. The van der Waals surface area contributed by atoms with Crippen molar-refractivity contribution in [2.75, 3.05) is 49.5 Å². The summed E-state index contributed by atoms with van der Waals surface area (Å²) in [6.07, 6.45) is 8.35. The molecule has 12 rings (SSSR count). The summed E-state index contributed by atoms with van der Waals surface area (Å²) in [5.74, 6) is -7.73. The third kappa shape index (κ3) is 22.8. The Morgan fingerprint density at radius 3 is 0.993 bits per heavy atom. The second-order valence-electron chi connectivity index (χ2n) is 27.4. The fourth-order valence-electron chi connectivity index (χ4n) is 11.7. The largest absolute Gasteiger partial charge is 0.497 e. The van der Waals surface area contributed by atoms with Gasteiger partial charge in [-0.05, 0) is 123 Å². The first-order valence-corrected chi connectivity index (χ1v) is 46.5. The zero-order valence-electron chi connectivity index (χ0n) is 73.6. The number of rotatable bonds is 15. The number of benzene rings is 5. The summed E-state index contributed by atoms with van der Waals surface area (Å²) < 4.78 is 268. The number of carbonyl (C=O) groups excluding carboxylic acids is 2. The van der Waals surface area contributed by atoms with E-state index < -0.39 is 163 Å². The molecule has 41 nitrogen and oxygen atoms in total. The van der Waals surface area contributed by atoms with Gasteiger partial charge in [-0.3, -0.25) is 57.0 Å². The predicted octanol–water partition coefficient (Wildman–Crippen LogP) is 1.92. The molecule has 0 aliphatic heterocycles. The quantitative estimate of drug-likeness (QED) is 0.132. The van der Waals surface area contributed by atoms with E-state index in [1.807, 2.05) is 0 Å². The first-order chi connectivity index (χ1) is 62.4. The number of carbonyl (C=O) groups is 2. The molecule has 0 bridgehead atoms. The topological polar surface area (TPSA) is 502 Å². The maximum absolute atomic E-state index is 14.1. The minimum Gasteiger partial charge on any atom is -0.497 e. The van der Waals surface area contributed by atoms with Crippen LogP contribution in [0.15, 0.2) is 247 Å². The van der Waals surface area contributed by atoms with Gasteiger partial charge in [-0.15, -0.1) is 0 Å². The van der Waals surface area contributed by atoms with Crippen LogP contribution in [0, 0.1) is 61.5 Å². The number of ether oxygens (including phenoxy) is 3. The van der Waals surface area contributed by atoms with Crippen LogP contribution in [-0.2, 0) is 112 Å². The van der Waals surface area contributed by atoms with Gasteiger partial charge in [-0.25, -0.2) is 110 Å². The Hall–Kier alpha value is -14.1. The molecule has 0 atom stereocenters. The maximum atomic E-state index is 14.1. The number of halogens is 8. The highest BCUT2D eigenvalue weighted by molar-refractivity contribution is 7.94. The van der Waals surface area contributed by atoms with E-state index in [1.165, 1.54) is 157 Å². The molecule has 0 spiro atoms. The highest BCUT2D eigenvalue weighted by atomic mass is 35.5. The molecular formula is C79H82ClF7N18O23S6. The van der Waals surface area contributed by atoms with Gasteiger partial charge in [0.2, 0.25) is 11.8 Å². The molecule has 0 fully saturated rings. The summed E-state index contributed by atoms with van der Waals surface area (Å²) in [4.78, 5) is 115. The number of aromatic nitrogens is 12. The fraction of sp³-hybridized carbons (Fsp3) is 0.241. The van der Waals surface area contributed by atoms with Crippen LogP contribution < -0.4 is 81.3 Å². The average molecular weight is 2010 g/mol. The normalized spacial score (nSPS) is 13.0. The van der Waals surface area contributed by atoms with E-state index in [4.69, 9.17) is 25.8 Å². The van der Waals surface area contributed by atoms with Crippen molar-refractivity contribution in [3.05, 3.63) is 322 Å². The summed E-state index contributed by atoms with van der Waals surface area (Å²) in [7, 11) is -9.25. The molecule has 0 N–H and O–H groups in total. The van der Waals surface area contributed by atoms with Gasteiger partial charge >= 0.3 is 34.1 Å². The van der Waals surface area contributed by atoms with Crippen molar-refractivity contribution in [3.8, 4) is 17.2 Å². The molecular weight excluding hydrogens is 1930 g/mol. The second kappa shape index (κ2) is 43.1. The summed E-state index contributed by atoms with van der Waals surface area (Å²) in [6.45, 7) is 7.14. The molecule has 11 aromatic rings. The van der Waals surface area contributed by atoms with Crippen molar-refractivity contribution in [1.82, 2.24) is 51.2 Å². The maximum Gasteiger partial charge on any atom is 0.343 e. The van der Waals surface area contributed by atoms with Gasteiger partial charge in [0.1, 0.15) is 11.5 Å². The van der Waals surface area contributed by atoms with Crippen LogP contribution in [0.2, 0.25) is 5.02 Å². The van der Waals surface area contributed by atoms with Crippen molar-refractivity contribution < 1.29 is 105 Å². The minimum atomic E-state index is -4.48. The summed E-state index contributed by atoms with van der Waals surface area (Å²) >= 11 is 5.96. The zero-order chi connectivity index (χ0) is 101. The Bertz CT molecular complexity index is 8280. The number of methoxy groups -OCH3 is 3. The van der Waals surface area contributed by atoms with E-state index >= 15 is 0 Å². The SMILES string of the molecule is CC(=O)N=c1c(F)cn(S(=O)(=O)c2ccc(C)cc2)c(=O)n1C.CN=c1c(F)cn(S(=O)(=O)C2=CCC=C2)c(=O)n1C.CN=c1c(F)cn(S(=O)(=O)c2cc(C)c(Cl)cc2C)c(=O)n1C.CN=c1c(F)cn(S(=O)(=O)c2ccc(OC)c(F)c2)c(=O)n1C.CN=c1c(F)cn(S(=O)(=O)c2cccc(OC)c2)c(=O)n1C.COc1ccc(S(=O)(=O)n2cc(F)c(=NC(C)=O)n(C)c2=O)cc1. The Morgan fingerprint density at radius 2 is 0.672 bits per heavy atom. The van der Waals surface area contributed by atoms with Crippen molar-refractivity contribution in [2.45, 2.75) is 65.5 Å². The highest BCUT2D eigenvalue weighted by Crippen LogP contribution is 2.27. The molecule has 0 unspecified atom stereocenters. The van der Waals surface area contributed by atoms with Crippen molar-refractivity contribution in [3.63, 3.8) is 0 Å². The third-order valence-electron chi connectivity index (χ3n) is 18.6. The van der Waals surface area contributed by atoms with E-state index in [-0.39, 0.29) is 64.1 Å². The first kappa shape index (κ1) is 107. The zero-order valence-corrected chi connectivity index (χ0v) is 79.3. The average Bonchev–Trinajstić information content (AvgIpc) is 1.02. The highest BCUT2D eigenvalue weighted by Gasteiger charge is 2.30. The van der Waals surface area contributed by atoms with E-state index in [0.717, 1.165) is 63.9 Å². The van der Waals surface area contributed by atoms with Crippen molar-refractivity contribution in [2.24, 2.45) is 72.2 Å². The van der Waals surface area contributed by atoms with Crippen LogP contribution in [0.4, 0.5) is 30.7 Å². The van der Waals surface area contributed by atoms with Gasteiger partial charge < -0.3 is 14.2 Å². The monoisotopic (exact) mass is 2010 g/mol. The molecule has 0 saturated carbocycles. The van der Waals surface area contributed by atoms with E-state index in [1.54, 1.807) is 45.0 Å². The van der Waals surface area contributed by atoms with Gasteiger partial charge in [0, 0.05) is 95.4 Å². The standard InChI is InChI=1S/C14H15ClFN3O3S.C14H14FN3O5S.C14H14FN3O4S.C13H13F2N3O4S.C13H14FN3O4S.C11H12FN3O3S/c1-8-6-12(9(2)5-10(8)15)23(21,22)19-7-11(16)13(17-3)18(4)14(19)20;1-9(19)16-13-12(15)8-18(14(20)17(13)2)24(21,22)11-6-4-10(23-3)5-7-11;1-9-4-6-11(7-5-9)23(21,22)18-8-12(15)13(16-10(2)19)17(3)14(18)20;1-16-12-10(15)7-18(13(19)17(12)2)23(20,21)8-4-5-11(22-3)9(14)6-8;1-15-12-11(14)8-17(13(18)16(12)2)22(19,20)10-6-4-5-9(7-10)21-3;1-13-10-9(12)7-15(11(16)14(10)2)19(17,18)8-5-3-4-6-8/h5-7H,1-4H3;4-8H,1-3H3;4-8H,1-3H3;4-7H,1-3H3;4-8H,1-3H3;3,5-7H,4H2,1-2H3. The van der Waals surface area contributed by atoms with E-state index in [2.05, 4.69) is 30.0 Å². The van der Waals surface area contributed by atoms with E-state index in [0.29, 0.717) is 98.4 Å². The van der Waals surface area contributed by atoms with Crippen LogP contribution in [0.1, 0.15) is 37.0 Å². The van der Waals surface area contributed by atoms with Gasteiger partial charge in [-0.1, -0.05) is 47.5 Å². The van der Waals surface area contributed by atoms with Gasteiger partial charge in [0.15, 0.2) is 79.4 Å². The predicted molar refractivity (Wildman–Crippen MR) is 466 cm³/mol. The molecule has 0 radical (unpaired) electrons. The molecule has 6 heterocycles. The molecule has 134 heavy (non-hydrogen) atoms. The molecule has 5 aromatic carbocycles. The van der Waals surface area contributed by atoms with Crippen LogP contribution >= 0.6 is 11.6 Å². The van der Waals surface area contributed by atoms with Gasteiger partial charge in [-0.2, -0.15) is 33.8 Å². The smallest absolute Gasteiger partial charge is 0.343 e. The number of nitrogens with zero attached hydrogens (tertiary/aromatic N) is 18. The lowest BCUT2D eigenvalue weighted by atomic mass is 10.2. The van der Waals surface area contributed by atoms with Crippen molar-refractivity contribution in [1.29, 1.82) is 0 Å². The van der Waals surface area contributed by atoms with Crippen LogP contribution in [0.5, 0.6) is 17.2 Å². The van der Waals surface area contributed by atoms with Crippen LogP contribution in [-0.4, -0.2) is 163 Å². The van der Waals surface area contributed by atoms with Gasteiger partial charge in [0.25, 0.3) is 60.1 Å². The molecule has 2 amide bonds. The Kier molecular flexibility index (Phi) is 34.4. The number of aryl methyl sites for hydroxylation is 3. The fourth-order valence-corrected chi connectivity index (χ4v) is 19.9. The lowest BCUT2D eigenvalue weighted by Crippen LogP contribution is -2.42. The molecule has 1 aliphatic carbocycles. The van der Waals surface area contributed by atoms with Crippen LogP contribution in [0.3, 0.4) is 0 Å². The number of amides is 2.